The molecule has 9 heteroatoms. The summed E-state index contributed by atoms with van der Waals surface area (Å²) in [5.41, 5.74) is 3.85. The van der Waals surface area contributed by atoms with Crippen LogP contribution in [0.1, 0.15) is 16.7 Å². The molecule has 0 bridgehead atoms. The number of anilines is 1. The number of rotatable bonds is 4. The van der Waals surface area contributed by atoms with Gasteiger partial charge in [-0.15, -0.1) is 37.4 Å². The summed E-state index contributed by atoms with van der Waals surface area (Å²) in [6, 6.07) is 11.7. The SMILES string of the molecule is Cl.Cl.N=C(c1ccccc1S)N1CCN(CCc2cc3c(cc2Cl)NC(=O)C3)CC1. The number of nitrogens with one attached hydrogen (secondary N) is 2. The Morgan fingerprint density at radius 3 is 2.53 bits per heavy atom. The van der Waals surface area contributed by atoms with E-state index in [0.717, 1.165) is 66.4 Å². The van der Waals surface area contributed by atoms with Gasteiger partial charge < -0.3 is 10.2 Å². The van der Waals surface area contributed by atoms with Crippen molar-refractivity contribution in [3.8, 4) is 0 Å². The average Bonchev–Trinajstić information content (AvgIpc) is 3.05. The van der Waals surface area contributed by atoms with Crippen LogP contribution in [0.5, 0.6) is 0 Å². The van der Waals surface area contributed by atoms with Gasteiger partial charge in [0.1, 0.15) is 5.84 Å². The van der Waals surface area contributed by atoms with Crippen LogP contribution in [0.3, 0.4) is 0 Å². The molecule has 0 radical (unpaired) electrons. The van der Waals surface area contributed by atoms with Gasteiger partial charge in [0.15, 0.2) is 0 Å². The number of hydrogen-bond donors (Lipinski definition) is 3. The lowest BCUT2D eigenvalue weighted by Crippen LogP contribution is -2.49. The molecule has 1 saturated heterocycles. The maximum atomic E-state index is 11.5. The Labute approximate surface area is 199 Å². The minimum absolute atomic E-state index is 0. The monoisotopic (exact) mass is 486 g/mol. The first-order chi connectivity index (χ1) is 13.5. The van der Waals surface area contributed by atoms with Crippen LogP contribution in [0.25, 0.3) is 0 Å². The van der Waals surface area contributed by atoms with Gasteiger partial charge in [0, 0.05) is 53.9 Å². The Kier molecular flexibility index (Phi) is 8.88. The van der Waals surface area contributed by atoms with Crippen molar-refractivity contribution >= 4 is 66.5 Å². The summed E-state index contributed by atoms with van der Waals surface area (Å²) in [7, 11) is 0. The highest BCUT2D eigenvalue weighted by atomic mass is 35.5. The summed E-state index contributed by atoms with van der Waals surface area (Å²) in [4.78, 5) is 16.9. The van der Waals surface area contributed by atoms with E-state index >= 15 is 0 Å². The van der Waals surface area contributed by atoms with Crippen molar-refractivity contribution < 1.29 is 4.79 Å². The zero-order chi connectivity index (χ0) is 19.7. The Morgan fingerprint density at radius 1 is 1.13 bits per heavy atom. The molecule has 2 N–H and O–H groups in total. The minimum Gasteiger partial charge on any atom is -0.354 e. The highest BCUT2D eigenvalue weighted by Gasteiger charge is 2.22. The van der Waals surface area contributed by atoms with E-state index in [2.05, 4.69) is 33.8 Å². The lowest BCUT2D eigenvalue weighted by atomic mass is 10.1. The molecule has 0 saturated carbocycles. The van der Waals surface area contributed by atoms with Gasteiger partial charge in [-0.25, -0.2) is 0 Å². The minimum atomic E-state index is 0. The van der Waals surface area contributed by atoms with Crippen LogP contribution in [-0.4, -0.2) is 54.3 Å². The third-order valence-corrected chi connectivity index (χ3v) is 6.18. The number of nitrogens with zero attached hydrogens (tertiary/aromatic N) is 2. The number of halogens is 3. The van der Waals surface area contributed by atoms with Crippen molar-refractivity contribution in [2.75, 3.05) is 38.0 Å². The first kappa shape index (κ1) is 24.8. The van der Waals surface area contributed by atoms with E-state index in [0.29, 0.717) is 17.3 Å². The lowest BCUT2D eigenvalue weighted by molar-refractivity contribution is -0.115. The number of amides is 1. The molecule has 4 rings (SSSR count). The molecule has 2 aliphatic rings. The molecule has 2 aromatic rings. The van der Waals surface area contributed by atoms with Crippen molar-refractivity contribution in [3.63, 3.8) is 0 Å². The van der Waals surface area contributed by atoms with E-state index in [4.69, 9.17) is 17.0 Å². The zero-order valence-corrected chi connectivity index (χ0v) is 19.6. The summed E-state index contributed by atoms with van der Waals surface area (Å²) in [6.45, 7) is 4.41. The number of piperazine rings is 1. The van der Waals surface area contributed by atoms with Crippen LogP contribution in [0, 0.1) is 5.41 Å². The third kappa shape index (κ3) is 5.42. The van der Waals surface area contributed by atoms with Gasteiger partial charge in [-0.05, 0) is 29.7 Å². The highest BCUT2D eigenvalue weighted by Crippen LogP contribution is 2.30. The first-order valence-electron chi connectivity index (χ1n) is 9.46. The lowest BCUT2D eigenvalue weighted by Gasteiger charge is -2.36. The molecular formula is C21H25Cl3N4OS. The molecule has 1 fully saturated rings. The summed E-state index contributed by atoms with van der Waals surface area (Å²) in [6.07, 6.45) is 1.30. The summed E-state index contributed by atoms with van der Waals surface area (Å²) in [5, 5.41) is 12.0. The third-order valence-electron chi connectivity index (χ3n) is 5.44. The Hall–Kier alpha value is -1.44. The van der Waals surface area contributed by atoms with E-state index in [1.165, 1.54) is 0 Å². The van der Waals surface area contributed by atoms with Crippen LogP contribution < -0.4 is 5.32 Å². The molecule has 30 heavy (non-hydrogen) atoms. The fourth-order valence-electron chi connectivity index (χ4n) is 3.81. The van der Waals surface area contributed by atoms with Crippen molar-refractivity contribution in [1.29, 1.82) is 5.41 Å². The predicted octanol–water partition coefficient (Wildman–Crippen LogP) is 4.15. The van der Waals surface area contributed by atoms with Gasteiger partial charge in [-0.2, -0.15) is 0 Å². The number of carbonyl (C=O) groups is 1. The highest BCUT2D eigenvalue weighted by molar-refractivity contribution is 7.80. The number of fused-ring (bicyclic) bond motifs is 1. The number of amidine groups is 1. The molecular weight excluding hydrogens is 463 g/mol. The van der Waals surface area contributed by atoms with E-state index < -0.39 is 0 Å². The molecule has 2 aromatic carbocycles. The topological polar surface area (TPSA) is 59.4 Å². The molecule has 0 unspecified atom stereocenters. The van der Waals surface area contributed by atoms with Gasteiger partial charge >= 0.3 is 0 Å². The van der Waals surface area contributed by atoms with Crippen LogP contribution >= 0.6 is 49.0 Å². The van der Waals surface area contributed by atoms with Crippen molar-refractivity contribution in [3.05, 3.63) is 58.1 Å². The van der Waals surface area contributed by atoms with Crippen LogP contribution in [-0.2, 0) is 17.6 Å². The van der Waals surface area contributed by atoms with E-state index in [-0.39, 0.29) is 30.7 Å². The number of benzene rings is 2. The standard InChI is InChI=1S/C21H23ClN4OS.2ClH/c22-17-13-18-15(12-20(27)24-18)11-14(17)5-6-25-7-9-26(10-8-25)21(23)16-3-1-2-4-19(16)28;;/h1-4,11,13,23,28H,5-10,12H2,(H,24,27);2*1H. The first-order valence-corrected chi connectivity index (χ1v) is 10.3. The average molecular weight is 488 g/mol. The predicted molar refractivity (Wildman–Crippen MR) is 131 cm³/mol. The smallest absolute Gasteiger partial charge is 0.228 e. The van der Waals surface area contributed by atoms with Gasteiger partial charge in [-0.1, -0.05) is 35.9 Å². The molecule has 162 valence electrons. The van der Waals surface area contributed by atoms with Crippen molar-refractivity contribution in [1.82, 2.24) is 9.80 Å². The Morgan fingerprint density at radius 2 is 1.83 bits per heavy atom. The van der Waals surface area contributed by atoms with E-state index in [1.54, 1.807) is 0 Å². The summed E-state index contributed by atoms with van der Waals surface area (Å²) < 4.78 is 0. The van der Waals surface area contributed by atoms with Crippen molar-refractivity contribution in [2.24, 2.45) is 0 Å². The van der Waals surface area contributed by atoms with Gasteiger partial charge in [0.05, 0.1) is 6.42 Å². The van der Waals surface area contributed by atoms with Gasteiger partial charge in [0.2, 0.25) is 5.91 Å². The van der Waals surface area contributed by atoms with E-state index in [1.807, 2.05) is 30.3 Å². The number of carbonyl (C=O) groups excluding carboxylic acids is 1. The van der Waals surface area contributed by atoms with Crippen LogP contribution in [0.15, 0.2) is 41.3 Å². The van der Waals surface area contributed by atoms with E-state index in [9.17, 15) is 4.79 Å². The molecule has 2 heterocycles. The summed E-state index contributed by atoms with van der Waals surface area (Å²) in [5.74, 6) is 0.577. The molecule has 0 aliphatic carbocycles. The number of hydrogen-bond acceptors (Lipinski definition) is 4. The summed E-state index contributed by atoms with van der Waals surface area (Å²) >= 11 is 10.9. The molecule has 0 aromatic heterocycles. The second kappa shape index (κ2) is 10.7. The fourth-order valence-corrected chi connectivity index (χ4v) is 4.33. The zero-order valence-electron chi connectivity index (χ0n) is 16.4. The second-order valence-electron chi connectivity index (χ2n) is 7.27. The normalized spacial score (nSPS) is 15.7. The fraction of sp³-hybridized carbons (Fsp3) is 0.333. The maximum absolute atomic E-state index is 11.5. The van der Waals surface area contributed by atoms with Gasteiger partial charge in [0.25, 0.3) is 0 Å². The quantitative estimate of drug-likeness (QED) is 0.345. The largest absolute Gasteiger partial charge is 0.354 e. The van der Waals surface area contributed by atoms with Gasteiger partial charge in [-0.3, -0.25) is 15.1 Å². The molecule has 0 atom stereocenters. The number of thiol groups is 1. The molecule has 1 amide bonds. The Balaban J connectivity index is 0.00000160. The van der Waals surface area contributed by atoms with Crippen molar-refractivity contribution in [2.45, 2.75) is 17.7 Å². The molecule has 0 spiro atoms. The Bertz CT molecular complexity index is 932. The molecule has 2 aliphatic heterocycles. The van der Waals surface area contributed by atoms with Crippen LogP contribution in [0.4, 0.5) is 5.69 Å². The second-order valence-corrected chi connectivity index (χ2v) is 8.16. The molecule has 5 nitrogen and oxygen atoms in total. The van der Waals surface area contributed by atoms with Crippen LogP contribution in [0.2, 0.25) is 5.02 Å². The maximum Gasteiger partial charge on any atom is 0.228 e.